The summed E-state index contributed by atoms with van der Waals surface area (Å²) in [4.78, 5) is 13.1. The number of rotatable bonds is 11. The van der Waals surface area contributed by atoms with Crippen LogP contribution < -0.4 is 5.32 Å². The third-order valence-electron chi connectivity index (χ3n) is 6.58. The second-order valence-corrected chi connectivity index (χ2v) is 11.6. The van der Waals surface area contributed by atoms with Crippen molar-refractivity contribution in [1.82, 2.24) is 9.62 Å². The predicted octanol–water partition coefficient (Wildman–Crippen LogP) is 2.54. The number of hydrogen-bond acceptors (Lipinski definition) is 9. The lowest BCUT2D eigenvalue weighted by atomic mass is 10.0. The second kappa shape index (κ2) is 13.0. The number of alkyl carbamates (subject to hydrolysis) is 1. The van der Waals surface area contributed by atoms with Gasteiger partial charge in [0.15, 0.2) is 11.2 Å². The lowest BCUT2D eigenvalue weighted by Gasteiger charge is -2.31. The Morgan fingerprint density at radius 2 is 1.87 bits per heavy atom. The van der Waals surface area contributed by atoms with Crippen LogP contribution in [0.25, 0.3) is 0 Å². The molecule has 10 nitrogen and oxygen atoms in total. The summed E-state index contributed by atoms with van der Waals surface area (Å²) < 4.78 is 31.7. The molecule has 2 aliphatic rings. The van der Waals surface area contributed by atoms with Crippen LogP contribution in [0, 0.1) is 11.8 Å². The third-order valence-corrected chi connectivity index (χ3v) is 7.99. The van der Waals surface area contributed by atoms with Gasteiger partial charge in [0.1, 0.15) is 17.6 Å². The summed E-state index contributed by atoms with van der Waals surface area (Å²) in [7, 11) is 0. The second-order valence-electron chi connectivity index (χ2n) is 10.2. The maximum absolute atomic E-state index is 13.4. The summed E-state index contributed by atoms with van der Waals surface area (Å²) in [5.41, 5.74) is 0.903. The zero-order chi connectivity index (χ0) is 27.2. The Balaban J connectivity index is 1.48. The Morgan fingerprint density at radius 1 is 1.16 bits per heavy atom. The van der Waals surface area contributed by atoms with E-state index >= 15 is 0 Å². The summed E-state index contributed by atoms with van der Waals surface area (Å²) in [5, 5.41) is 33.9. The fourth-order valence-electron chi connectivity index (χ4n) is 4.79. The first-order valence-electron chi connectivity index (χ1n) is 12.8. The average molecular weight is 549 g/mol. The number of aromatic hydroxyl groups is 2. The van der Waals surface area contributed by atoms with Gasteiger partial charge in [-0.1, -0.05) is 44.2 Å². The molecule has 0 aromatic heterocycles. The van der Waals surface area contributed by atoms with Crippen molar-refractivity contribution in [3.8, 4) is 11.5 Å². The first-order valence-corrected chi connectivity index (χ1v) is 13.9. The molecule has 208 valence electrons. The smallest absolute Gasteiger partial charge is 0.407 e. The lowest BCUT2D eigenvalue weighted by Crippen LogP contribution is -2.51. The topological polar surface area (TPSA) is 144 Å². The van der Waals surface area contributed by atoms with Gasteiger partial charge in [-0.25, -0.2) is 4.79 Å². The molecular formula is C27H36N2O8S. The van der Waals surface area contributed by atoms with Crippen LogP contribution in [-0.2, 0) is 32.0 Å². The molecule has 38 heavy (non-hydrogen) atoms. The van der Waals surface area contributed by atoms with E-state index in [9.17, 15) is 24.7 Å². The Bertz CT molecular complexity index is 1040. The first-order chi connectivity index (χ1) is 18.2. The number of fused-ring (bicyclic) bond motifs is 1. The predicted molar refractivity (Wildman–Crippen MR) is 140 cm³/mol. The van der Waals surface area contributed by atoms with Gasteiger partial charge in [-0.15, -0.1) is 4.31 Å². The monoisotopic (exact) mass is 548 g/mol. The molecule has 0 saturated carbocycles. The highest BCUT2D eigenvalue weighted by Crippen LogP contribution is 2.33. The van der Waals surface area contributed by atoms with Crippen molar-refractivity contribution in [2.24, 2.45) is 11.8 Å². The molecule has 6 atom stereocenters. The van der Waals surface area contributed by atoms with Gasteiger partial charge in [-0.2, -0.15) is 0 Å². The van der Waals surface area contributed by atoms with Crippen LogP contribution >= 0.6 is 0 Å². The van der Waals surface area contributed by atoms with Crippen molar-refractivity contribution in [3.05, 3.63) is 54.1 Å². The number of aliphatic hydroxyl groups excluding tert-OH is 1. The summed E-state index contributed by atoms with van der Waals surface area (Å²) in [6.45, 7) is 5.06. The molecule has 0 aliphatic carbocycles. The van der Waals surface area contributed by atoms with Crippen molar-refractivity contribution in [2.75, 3.05) is 26.3 Å². The van der Waals surface area contributed by atoms with Gasteiger partial charge in [0.2, 0.25) is 0 Å². The molecule has 2 fully saturated rings. The van der Waals surface area contributed by atoms with E-state index in [-0.39, 0.29) is 47.7 Å². The van der Waals surface area contributed by atoms with Gasteiger partial charge in [-0.3, -0.25) is 0 Å². The minimum atomic E-state index is -1.79. The van der Waals surface area contributed by atoms with Crippen molar-refractivity contribution in [2.45, 2.75) is 56.1 Å². The fraction of sp³-hybridized carbons (Fsp3) is 0.519. The standard InChI is InChI=1S/C27H36N2O8S/c1-17(2)14-29(38(34)21-12-19(30)11-20(31)13-21)15-24(32)23(10-18-6-4-3-5-7-18)28-27(33)37-25-16-36-26-22(25)8-9-35-26/h3-7,11-13,17,22-26,30-32H,8-10,14-16H2,1-2H3,(H,28,33)/t22-,23-,24+,25-,26+,38?/m0/s1. The van der Waals surface area contributed by atoms with E-state index in [4.69, 9.17) is 14.2 Å². The van der Waals surface area contributed by atoms with Gasteiger partial charge in [0.05, 0.1) is 49.2 Å². The highest BCUT2D eigenvalue weighted by molar-refractivity contribution is 7.89. The van der Waals surface area contributed by atoms with Gasteiger partial charge in [0, 0.05) is 24.7 Å². The maximum atomic E-state index is 13.4. The van der Waals surface area contributed by atoms with Gasteiger partial charge in [-0.05, 0) is 24.3 Å². The van der Waals surface area contributed by atoms with Crippen LogP contribution in [0.1, 0.15) is 25.8 Å². The van der Waals surface area contributed by atoms with E-state index in [1.54, 1.807) is 4.31 Å². The fourth-order valence-corrected chi connectivity index (χ4v) is 6.26. The van der Waals surface area contributed by atoms with Gasteiger partial charge in [0.25, 0.3) is 0 Å². The highest BCUT2D eigenvalue weighted by atomic mass is 32.2. The molecule has 2 aromatic carbocycles. The number of phenolic OH excluding ortho intramolecular Hbond substituents is 2. The lowest BCUT2D eigenvalue weighted by molar-refractivity contribution is -0.0907. The molecule has 1 amide bonds. The molecule has 0 bridgehead atoms. The number of phenols is 2. The van der Waals surface area contributed by atoms with Crippen molar-refractivity contribution < 1.29 is 38.9 Å². The van der Waals surface area contributed by atoms with Crippen LogP contribution in [0.5, 0.6) is 11.5 Å². The van der Waals surface area contributed by atoms with E-state index in [0.29, 0.717) is 19.6 Å². The van der Waals surface area contributed by atoms with E-state index in [1.807, 2.05) is 44.2 Å². The Kier molecular flexibility index (Phi) is 9.74. The van der Waals surface area contributed by atoms with Crippen LogP contribution in [0.4, 0.5) is 4.79 Å². The van der Waals surface area contributed by atoms with Gasteiger partial charge < -0.3 is 39.4 Å². The SMILES string of the molecule is CC(C)CN(C[C@@H](O)[C@H](Cc1ccccc1)NC(=O)O[C@H]1CO[C@H]2OCC[C@H]21)[S+]([O-])c1cc(O)cc(O)c1. The minimum Gasteiger partial charge on any atom is -0.593 e. The van der Waals surface area contributed by atoms with Crippen LogP contribution in [0.15, 0.2) is 53.4 Å². The number of aliphatic hydroxyl groups is 1. The molecule has 2 heterocycles. The third kappa shape index (κ3) is 7.52. The molecule has 0 radical (unpaired) electrons. The number of nitrogens with zero attached hydrogens (tertiary/aromatic N) is 1. The molecule has 2 aliphatic heterocycles. The van der Waals surface area contributed by atoms with Gasteiger partial charge >= 0.3 is 6.09 Å². The van der Waals surface area contributed by atoms with E-state index in [2.05, 4.69) is 5.32 Å². The van der Waals surface area contributed by atoms with Crippen LogP contribution in [-0.4, -0.2) is 81.1 Å². The van der Waals surface area contributed by atoms with E-state index in [1.165, 1.54) is 12.1 Å². The summed E-state index contributed by atoms with van der Waals surface area (Å²) >= 11 is -1.79. The molecule has 4 rings (SSSR count). The number of nitrogens with one attached hydrogen (secondary N) is 1. The van der Waals surface area contributed by atoms with Crippen molar-refractivity contribution in [3.63, 3.8) is 0 Å². The molecule has 0 spiro atoms. The zero-order valence-electron chi connectivity index (χ0n) is 21.6. The molecule has 2 aromatic rings. The molecule has 2 saturated heterocycles. The quantitative estimate of drug-likeness (QED) is 0.311. The van der Waals surface area contributed by atoms with Crippen LogP contribution in [0.3, 0.4) is 0 Å². The molecule has 4 N–H and O–H groups in total. The summed E-state index contributed by atoms with van der Waals surface area (Å²) in [6, 6.07) is 12.5. The van der Waals surface area contributed by atoms with Crippen molar-refractivity contribution >= 4 is 17.5 Å². The number of carbonyl (C=O) groups is 1. The van der Waals surface area contributed by atoms with Crippen LogP contribution in [0.2, 0.25) is 0 Å². The molecule has 11 heteroatoms. The Labute approximate surface area is 225 Å². The number of amides is 1. The number of hydrogen-bond donors (Lipinski definition) is 4. The average Bonchev–Trinajstić information content (AvgIpc) is 3.48. The summed E-state index contributed by atoms with van der Waals surface area (Å²) in [6.07, 6.45) is -1.49. The molecular weight excluding hydrogens is 512 g/mol. The summed E-state index contributed by atoms with van der Waals surface area (Å²) in [5.74, 6) is -0.335. The Morgan fingerprint density at radius 3 is 2.55 bits per heavy atom. The highest BCUT2D eigenvalue weighted by Gasteiger charge is 2.44. The van der Waals surface area contributed by atoms with Crippen molar-refractivity contribution in [1.29, 1.82) is 0 Å². The number of carbonyl (C=O) groups excluding carboxylic acids is 1. The zero-order valence-corrected chi connectivity index (χ0v) is 22.4. The Hall–Kier alpha value is -2.54. The normalized spacial score (nSPS) is 23.3. The largest absolute Gasteiger partial charge is 0.593 e. The maximum Gasteiger partial charge on any atom is 0.407 e. The van der Waals surface area contributed by atoms with E-state index in [0.717, 1.165) is 18.1 Å². The minimum absolute atomic E-state index is 0.0131. The first kappa shape index (κ1) is 28.5. The number of ether oxygens (including phenoxy) is 3. The molecule has 1 unspecified atom stereocenters. The van der Waals surface area contributed by atoms with E-state index < -0.39 is 35.7 Å². The number of benzene rings is 2.